The first-order valence-electron chi connectivity index (χ1n) is 5.02. The van der Waals surface area contributed by atoms with E-state index in [0.717, 1.165) is 12.8 Å². The van der Waals surface area contributed by atoms with Crippen LogP contribution < -0.4 is 0 Å². The van der Waals surface area contributed by atoms with Crippen molar-refractivity contribution in [2.75, 3.05) is 0 Å². The molecule has 0 fully saturated rings. The smallest absolute Gasteiger partial charge is 0.134 e. The van der Waals surface area contributed by atoms with Crippen LogP contribution in [0.1, 0.15) is 45.4 Å². The number of carbonyl (C=O) groups excluding carboxylic acids is 1. The van der Waals surface area contributed by atoms with Crippen LogP contribution in [0.3, 0.4) is 0 Å². The van der Waals surface area contributed by atoms with Crippen molar-refractivity contribution in [3.8, 4) is 12.1 Å². The standard InChI is InChI=1S/C11H16N2O/c1-2-3-6-11(14)8-10(9-13)5-4-7-12/h10H,2-6,8H2,1H3. The highest BCUT2D eigenvalue weighted by Gasteiger charge is 2.12. The number of carbonyl (C=O) groups is 1. The van der Waals surface area contributed by atoms with Crippen molar-refractivity contribution in [3.05, 3.63) is 0 Å². The van der Waals surface area contributed by atoms with Gasteiger partial charge in [-0.1, -0.05) is 13.3 Å². The van der Waals surface area contributed by atoms with Crippen LogP contribution in [0.5, 0.6) is 0 Å². The van der Waals surface area contributed by atoms with Crippen LogP contribution in [-0.4, -0.2) is 5.78 Å². The summed E-state index contributed by atoms with van der Waals surface area (Å²) in [4.78, 5) is 11.3. The van der Waals surface area contributed by atoms with E-state index in [-0.39, 0.29) is 11.7 Å². The molecule has 0 amide bonds. The number of Topliss-reactive ketones (excluding diaryl/α,β-unsaturated/α-hetero) is 1. The summed E-state index contributed by atoms with van der Waals surface area (Å²) in [6.07, 6.45) is 3.67. The molecule has 0 aliphatic carbocycles. The zero-order valence-corrected chi connectivity index (χ0v) is 8.62. The summed E-state index contributed by atoms with van der Waals surface area (Å²) >= 11 is 0. The van der Waals surface area contributed by atoms with Crippen LogP contribution in [0.25, 0.3) is 0 Å². The van der Waals surface area contributed by atoms with Crippen molar-refractivity contribution >= 4 is 5.78 Å². The third-order valence-corrected chi connectivity index (χ3v) is 2.07. The minimum atomic E-state index is -0.265. The van der Waals surface area contributed by atoms with Crippen LogP contribution in [0.2, 0.25) is 0 Å². The Morgan fingerprint density at radius 3 is 2.64 bits per heavy atom. The fraction of sp³-hybridized carbons (Fsp3) is 0.727. The number of unbranched alkanes of at least 4 members (excludes halogenated alkanes) is 1. The normalized spacial score (nSPS) is 11.4. The summed E-state index contributed by atoms with van der Waals surface area (Å²) in [6.45, 7) is 2.03. The lowest BCUT2D eigenvalue weighted by atomic mass is 9.97. The van der Waals surface area contributed by atoms with Gasteiger partial charge in [-0.15, -0.1) is 0 Å². The van der Waals surface area contributed by atoms with Gasteiger partial charge in [0, 0.05) is 19.3 Å². The second kappa shape index (κ2) is 8.26. The van der Waals surface area contributed by atoms with Gasteiger partial charge in [0.1, 0.15) is 5.78 Å². The van der Waals surface area contributed by atoms with Crippen LogP contribution in [0.4, 0.5) is 0 Å². The predicted octanol–water partition coefficient (Wildman–Crippen LogP) is 2.58. The Morgan fingerprint density at radius 2 is 2.14 bits per heavy atom. The molecule has 0 aromatic carbocycles. The van der Waals surface area contributed by atoms with Gasteiger partial charge < -0.3 is 0 Å². The molecule has 3 heteroatoms. The molecule has 0 saturated carbocycles. The number of rotatable bonds is 7. The minimum absolute atomic E-state index is 0.149. The van der Waals surface area contributed by atoms with E-state index >= 15 is 0 Å². The number of nitrogens with zero attached hydrogens (tertiary/aromatic N) is 2. The van der Waals surface area contributed by atoms with Gasteiger partial charge in [-0.3, -0.25) is 4.79 Å². The molecule has 0 aromatic heterocycles. The van der Waals surface area contributed by atoms with Crippen molar-refractivity contribution in [2.45, 2.75) is 45.4 Å². The van der Waals surface area contributed by atoms with Crippen molar-refractivity contribution < 1.29 is 4.79 Å². The van der Waals surface area contributed by atoms with Gasteiger partial charge in [-0.2, -0.15) is 10.5 Å². The monoisotopic (exact) mass is 192 g/mol. The molecule has 3 nitrogen and oxygen atoms in total. The number of nitriles is 2. The highest BCUT2D eigenvalue weighted by Crippen LogP contribution is 2.12. The number of hydrogen-bond donors (Lipinski definition) is 0. The molecule has 76 valence electrons. The zero-order valence-electron chi connectivity index (χ0n) is 8.62. The predicted molar refractivity (Wildman–Crippen MR) is 53.1 cm³/mol. The average molecular weight is 192 g/mol. The number of ketones is 1. The van der Waals surface area contributed by atoms with Gasteiger partial charge in [0.05, 0.1) is 18.1 Å². The molecule has 0 N–H and O–H groups in total. The molecule has 0 radical (unpaired) electrons. The molecule has 0 aromatic rings. The lowest BCUT2D eigenvalue weighted by Crippen LogP contribution is -2.06. The van der Waals surface area contributed by atoms with E-state index in [1.165, 1.54) is 0 Å². The maximum absolute atomic E-state index is 11.3. The SMILES string of the molecule is CCCCC(=O)CC(C#N)CCC#N. The van der Waals surface area contributed by atoms with Gasteiger partial charge >= 0.3 is 0 Å². The number of hydrogen-bond acceptors (Lipinski definition) is 3. The molecule has 0 bridgehead atoms. The minimum Gasteiger partial charge on any atom is -0.300 e. The van der Waals surface area contributed by atoms with Crippen molar-refractivity contribution in [1.82, 2.24) is 0 Å². The highest BCUT2D eigenvalue weighted by atomic mass is 16.1. The summed E-state index contributed by atoms with van der Waals surface area (Å²) in [5.41, 5.74) is 0. The first-order valence-corrected chi connectivity index (χ1v) is 5.02. The quantitative estimate of drug-likeness (QED) is 0.622. The lowest BCUT2D eigenvalue weighted by Gasteiger charge is -2.04. The lowest BCUT2D eigenvalue weighted by molar-refractivity contribution is -0.119. The van der Waals surface area contributed by atoms with Crippen LogP contribution in [0.15, 0.2) is 0 Å². The highest BCUT2D eigenvalue weighted by molar-refractivity contribution is 5.78. The molecular formula is C11H16N2O. The molecule has 1 atom stereocenters. The Hall–Kier alpha value is -1.35. The molecule has 0 spiro atoms. The van der Waals surface area contributed by atoms with Crippen molar-refractivity contribution in [2.24, 2.45) is 5.92 Å². The van der Waals surface area contributed by atoms with Gasteiger partial charge in [-0.25, -0.2) is 0 Å². The Labute approximate surface area is 85.3 Å². The largest absolute Gasteiger partial charge is 0.300 e. The van der Waals surface area contributed by atoms with Crippen LogP contribution in [-0.2, 0) is 4.79 Å². The van der Waals surface area contributed by atoms with Gasteiger partial charge in [0.2, 0.25) is 0 Å². The second-order valence-corrected chi connectivity index (χ2v) is 3.37. The van der Waals surface area contributed by atoms with E-state index < -0.39 is 0 Å². The Bertz CT molecular complexity index is 247. The summed E-state index contributed by atoms with van der Waals surface area (Å²) in [5.74, 6) is -0.115. The van der Waals surface area contributed by atoms with Gasteiger partial charge in [0.25, 0.3) is 0 Å². The molecule has 0 aliphatic rings. The molecule has 14 heavy (non-hydrogen) atoms. The van der Waals surface area contributed by atoms with E-state index in [1.807, 2.05) is 13.0 Å². The zero-order chi connectivity index (χ0) is 10.8. The molecule has 0 aliphatic heterocycles. The van der Waals surface area contributed by atoms with Crippen LogP contribution >= 0.6 is 0 Å². The maximum Gasteiger partial charge on any atom is 0.134 e. The van der Waals surface area contributed by atoms with E-state index in [2.05, 4.69) is 6.07 Å². The summed E-state index contributed by atoms with van der Waals surface area (Å²) < 4.78 is 0. The first kappa shape index (κ1) is 12.7. The topological polar surface area (TPSA) is 64.7 Å². The average Bonchev–Trinajstić information content (AvgIpc) is 2.21. The van der Waals surface area contributed by atoms with E-state index in [9.17, 15) is 4.79 Å². The third-order valence-electron chi connectivity index (χ3n) is 2.07. The fourth-order valence-corrected chi connectivity index (χ4v) is 1.20. The van der Waals surface area contributed by atoms with Crippen LogP contribution in [0, 0.1) is 28.6 Å². The maximum atomic E-state index is 11.3. The Kier molecular flexibility index (Phi) is 7.46. The first-order chi connectivity index (χ1) is 6.74. The Balaban J connectivity index is 3.77. The summed E-state index contributed by atoms with van der Waals surface area (Å²) in [6, 6.07) is 4.06. The van der Waals surface area contributed by atoms with Crippen molar-refractivity contribution in [3.63, 3.8) is 0 Å². The molecular weight excluding hydrogens is 176 g/mol. The van der Waals surface area contributed by atoms with Crippen molar-refractivity contribution in [1.29, 1.82) is 10.5 Å². The van der Waals surface area contributed by atoms with E-state index in [1.54, 1.807) is 0 Å². The van der Waals surface area contributed by atoms with Gasteiger partial charge in [-0.05, 0) is 12.8 Å². The second-order valence-electron chi connectivity index (χ2n) is 3.37. The van der Waals surface area contributed by atoms with E-state index in [0.29, 0.717) is 25.7 Å². The molecule has 1 unspecified atom stereocenters. The summed E-state index contributed by atoms with van der Waals surface area (Å²) in [5, 5.41) is 17.1. The summed E-state index contributed by atoms with van der Waals surface area (Å²) in [7, 11) is 0. The molecule has 0 rings (SSSR count). The Morgan fingerprint density at radius 1 is 1.43 bits per heavy atom. The van der Waals surface area contributed by atoms with Gasteiger partial charge in [0.15, 0.2) is 0 Å². The molecule has 0 saturated heterocycles. The fourth-order valence-electron chi connectivity index (χ4n) is 1.20. The van der Waals surface area contributed by atoms with E-state index in [4.69, 9.17) is 10.5 Å². The molecule has 0 heterocycles. The third kappa shape index (κ3) is 6.20.